The van der Waals surface area contributed by atoms with E-state index in [0.717, 1.165) is 11.8 Å². The van der Waals surface area contributed by atoms with Crippen molar-refractivity contribution in [3.05, 3.63) is 21.9 Å². The summed E-state index contributed by atoms with van der Waals surface area (Å²) in [5, 5.41) is -0.0881. The Bertz CT molecular complexity index is 590. The summed E-state index contributed by atoms with van der Waals surface area (Å²) in [7, 11) is 0. The van der Waals surface area contributed by atoms with E-state index in [0.29, 0.717) is 25.1 Å². The number of imidazole rings is 1. The summed E-state index contributed by atoms with van der Waals surface area (Å²) in [5.74, 6) is -0.234. The Morgan fingerprint density at radius 1 is 1.14 bits per heavy atom. The zero-order valence-corrected chi connectivity index (χ0v) is 13.5. The molecule has 8 heteroatoms. The number of hydrogen-bond acceptors (Lipinski definition) is 6. The molecule has 0 unspecified atom stereocenters. The van der Waals surface area contributed by atoms with E-state index in [2.05, 4.69) is 9.97 Å². The molecule has 0 saturated carbocycles. The molecule has 1 aromatic heterocycles. The second-order valence-electron chi connectivity index (χ2n) is 4.65. The van der Waals surface area contributed by atoms with Crippen LogP contribution in [0.15, 0.2) is 4.79 Å². The summed E-state index contributed by atoms with van der Waals surface area (Å²) in [6, 6.07) is 0. The van der Waals surface area contributed by atoms with Gasteiger partial charge in [-0.25, -0.2) is 4.79 Å². The highest BCUT2D eigenvalue weighted by Crippen LogP contribution is 2.15. The van der Waals surface area contributed by atoms with E-state index in [-0.39, 0.29) is 41.2 Å². The molecule has 1 rings (SSSR count). The van der Waals surface area contributed by atoms with E-state index >= 15 is 0 Å². The lowest BCUT2D eigenvalue weighted by Crippen LogP contribution is -2.07. The van der Waals surface area contributed by atoms with Crippen molar-refractivity contribution in [3.8, 4) is 0 Å². The number of carbonyl (C=O) groups is 3. The molecule has 122 valence electrons. The topological polar surface area (TPSA) is 109 Å². The molecule has 1 heterocycles. The minimum atomic E-state index is -0.464. The van der Waals surface area contributed by atoms with Gasteiger partial charge in [-0.15, -0.1) is 0 Å². The van der Waals surface area contributed by atoms with Gasteiger partial charge in [-0.2, -0.15) is 0 Å². The van der Waals surface area contributed by atoms with Gasteiger partial charge in [-0.05, 0) is 19.8 Å². The van der Waals surface area contributed by atoms with Crippen LogP contribution in [0.1, 0.15) is 55.7 Å². The maximum atomic E-state index is 12.1. The van der Waals surface area contributed by atoms with Crippen LogP contribution < -0.4 is 5.69 Å². The van der Waals surface area contributed by atoms with Crippen molar-refractivity contribution >= 4 is 28.6 Å². The fourth-order valence-electron chi connectivity index (χ4n) is 1.85. The highest BCUT2D eigenvalue weighted by molar-refractivity contribution is 8.12. The predicted octanol–water partition coefficient (Wildman–Crippen LogP) is 1.79. The Balaban J connectivity index is 2.49. The average molecular weight is 328 g/mol. The van der Waals surface area contributed by atoms with Crippen LogP contribution in [0.25, 0.3) is 0 Å². The first-order valence-electron chi connectivity index (χ1n) is 7.07. The minimum absolute atomic E-state index is 0.0881. The van der Waals surface area contributed by atoms with Gasteiger partial charge in [-0.1, -0.05) is 11.8 Å². The lowest BCUT2D eigenvalue weighted by atomic mass is 10.1. The van der Waals surface area contributed by atoms with E-state index < -0.39 is 5.69 Å². The second kappa shape index (κ2) is 9.24. The standard InChI is InChI=1S/C14H20N2O5S/c1-3-21-12(19)7-5-4-6-11(18)13-10(8-22-9(2)17)15-14(20)16-13/h3-8H2,1-2H3,(H2,15,16,20). The van der Waals surface area contributed by atoms with E-state index in [9.17, 15) is 19.2 Å². The number of ketones is 1. The number of Topliss-reactive ketones (excluding diaryl/α,β-unsaturated/α-hetero) is 1. The number of hydrogen-bond donors (Lipinski definition) is 2. The Kier molecular flexibility index (Phi) is 7.65. The fourth-order valence-corrected chi connectivity index (χ4v) is 2.42. The summed E-state index contributed by atoms with van der Waals surface area (Å²) in [5.41, 5.74) is 0.185. The Morgan fingerprint density at radius 2 is 1.82 bits per heavy atom. The Hall–Kier alpha value is -1.83. The van der Waals surface area contributed by atoms with Gasteiger partial charge < -0.3 is 14.7 Å². The van der Waals surface area contributed by atoms with Crippen LogP contribution in [0, 0.1) is 0 Å². The van der Waals surface area contributed by atoms with Gasteiger partial charge in [0.15, 0.2) is 10.9 Å². The Labute approximate surface area is 132 Å². The number of rotatable bonds is 9. The SMILES string of the molecule is CCOC(=O)CCCCC(=O)c1[nH]c(=O)[nH]c1CSC(C)=O. The maximum absolute atomic E-state index is 12.1. The molecule has 0 aliphatic rings. The van der Waals surface area contributed by atoms with Crippen molar-refractivity contribution in [2.24, 2.45) is 0 Å². The molecule has 0 amide bonds. The van der Waals surface area contributed by atoms with Crippen molar-refractivity contribution in [2.75, 3.05) is 6.61 Å². The minimum Gasteiger partial charge on any atom is -0.466 e. The van der Waals surface area contributed by atoms with Crippen molar-refractivity contribution in [1.29, 1.82) is 0 Å². The molecule has 0 fully saturated rings. The van der Waals surface area contributed by atoms with Crippen molar-refractivity contribution in [1.82, 2.24) is 9.97 Å². The first-order valence-corrected chi connectivity index (χ1v) is 8.06. The summed E-state index contributed by atoms with van der Waals surface area (Å²) >= 11 is 1.02. The number of aromatic amines is 2. The highest BCUT2D eigenvalue weighted by atomic mass is 32.2. The van der Waals surface area contributed by atoms with Crippen molar-refractivity contribution in [2.45, 2.75) is 45.3 Å². The van der Waals surface area contributed by atoms with E-state index in [1.807, 2.05) is 0 Å². The molecular weight excluding hydrogens is 308 g/mol. The van der Waals surface area contributed by atoms with Gasteiger partial charge in [0.1, 0.15) is 5.69 Å². The third kappa shape index (κ3) is 6.30. The molecule has 2 N–H and O–H groups in total. The number of ether oxygens (including phenoxy) is 1. The molecular formula is C14H20N2O5S. The first-order chi connectivity index (χ1) is 10.4. The van der Waals surface area contributed by atoms with Gasteiger partial charge in [0.2, 0.25) is 0 Å². The van der Waals surface area contributed by atoms with E-state index in [1.54, 1.807) is 6.92 Å². The molecule has 0 radical (unpaired) electrons. The van der Waals surface area contributed by atoms with Crippen LogP contribution in [0.4, 0.5) is 0 Å². The number of carbonyl (C=O) groups excluding carboxylic acids is 3. The molecule has 0 aliphatic carbocycles. The van der Waals surface area contributed by atoms with Crippen LogP contribution in [0.5, 0.6) is 0 Å². The fraction of sp³-hybridized carbons (Fsp3) is 0.571. The summed E-state index contributed by atoms with van der Waals surface area (Å²) < 4.78 is 4.80. The largest absolute Gasteiger partial charge is 0.466 e. The predicted molar refractivity (Wildman–Crippen MR) is 82.8 cm³/mol. The number of aromatic nitrogens is 2. The summed E-state index contributed by atoms with van der Waals surface area (Å²) in [4.78, 5) is 50.5. The number of H-pyrrole nitrogens is 2. The summed E-state index contributed by atoms with van der Waals surface area (Å²) in [6.07, 6.45) is 1.59. The average Bonchev–Trinajstić information content (AvgIpc) is 2.82. The summed E-state index contributed by atoms with van der Waals surface area (Å²) in [6.45, 7) is 3.51. The molecule has 0 aliphatic heterocycles. The van der Waals surface area contributed by atoms with Crippen molar-refractivity contribution < 1.29 is 19.1 Å². The number of unbranched alkanes of at least 4 members (excludes halogenated alkanes) is 1. The van der Waals surface area contributed by atoms with Gasteiger partial charge in [0.05, 0.1) is 12.3 Å². The molecule has 0 spiro atoms. The monoisotopic (exact) mass is 328 g/mol. The van der Waals surface area contributed by atoms with Gasteiger partial charge >= 0.3 is 11.7 Å². The van der Waals surface area contributed by atoms with E-state index in [1.165, 1.54) is 6.92 Å². The molecule has 7 nitrogen and oxygen atoms in total. The van der Waals surface area contributed by atoms with Gasteiger partial charge in [0, 0.05) is 25.5 Å². The molecule has 22 heavy (non-hydrogen) atoms. The van der Waals surface area contributed by atoms with Crippen LogP contribution in [-0.4, -0.2) is 33.4 Å². The number of esters is 1. The van der Waals surface area contributed by atoms with Crippen LogP contribution in [0.2, 0.25) is 0 Å². The Morgan fingerprint density at radius 3 is 2.45 bits per heavy atom. The third-order valence-electron chi connectivity index (χ3n) is 2.84. The number of nitrogens with one attached hydrogen (secondary N) is 2. The van der Waals surface area contributed by atoms with Crippen molar-refractivity contribution in [3.63, 3.8) is 0 Å². The third-order valence-corrected chi connectivity index (χ3v) is 3.68. The normalized spacial score (nSPS) is 10.5. The van der Waals surface area contributed by atoms with Crippen LogP contribution in [0.3, 0.4) is 0 Å². The zero-order chi connectivity index (χ0) is 16.5. The van der Waals surface area contributed by atoms with E-state index in [4.69, 9.17) is 4.74 Å². The van der Waals surface area contributed by atoms with Gasteiger partial charge in [0.25, 0.3) is 0 Å². The van der Waals surface area contributed by atoms with Crippen LogP contribution >= 0.6 is 11.8 Å². The molecule has 0 saturated heterocycles. The van der Waals surface area contributed by atoms with Crippen LogP contribution in [-0.2, 0) is 20.1 Å². The molecule has 0 bridgehead atoms. The molecule has 0 atom stereocenters. The first kappa shape index (κ1) is 18.2. The lowest BCUT2D eigenvalue weighted by Gasteiger charge is -2.03. The molecule has 1 aromatic rings. The second-order valence-corrected chi connectivity index (χ2v) is 5.80. The maximum Gasteiger partial charge on any atom is 0.323 e. The zero-order valence-electron chi connectivity index (χ0n) is 12.7. The molecule has 0 aromatic carbocycles. The lowest BCUT2D eigenvalue weighted by molar-refractivity contribution is -0.143. The smallest absolute Gasteiger partial charge is 0.323 e. The number of thioether (sulfide) groups is 1. The van der Waals surface area contributed by atoms with Gasteiger partial charge in [-0.3, -0.25) is 14.4 Å². The highest BCUT2D eigenvalue weighted by Gasteiger charge is 2.16. The quantitative estimate of drug-likeness (QED) is 0.406.